The number of carbonyl (C=O) groups is 1. The SMILES string of the molecule is COCCCNC(=O)[C@H]1Cc2ccc(OC)cc2N2CCN(Cc3ccc(F)cc3)C[C@H]12. The van der Waals surface area contributed by atoms with Gasteiger partial charge in [-0.3, -0.25) is 9.69 Å². The predicted molar refractivity (Wildman–Crippen MR) is 123 cm³/mol. The van der Waals surface area contributed by atoms with Gasteiger partial charge in [0.1, 0.15) is 11.6 Å². The maximum absolute atomic E-state index is 13.3. The highest BCUT2D eigenvalue weighted by atomic mass is 19.1. The lowest BCUT2D eigenvalue weighted by Crippen LogP contribution is -2.60. The number of amides is 1. The van der Waals surface area contributed by atoms with Crippen LogP contribution in [0.3, 0.4) is 0 Å². The van der Waals surface area contributed by atoms with E-state index in [9.17, 15) is 9.18 Å². The molecule has 0 spiro atoms. The van der Waals surface area contributed by atoms with Gasteiger partial charge in [0.05, 0.1) is 19.1 Å². The van der Waals surface area contributed by atoms with Crippen LogP contribution in [0.5, 0.6) is 5.75 Å². The summed E-state index contributed by atoms with van der Waals surface area (Å²) in [7, 11) is 3.35. The molecule has 1 amide bonds. The summed E-state index contributed by atoms with van der Waals surface area (Å²) in [6, 6.07) is 12.9. The normalized spacial score (nSPS) is 20.4. The summed E-state index contributed by atoms with van der Waals surface area (Å²) in [5.41, 5.74) is 3.43. The Bertz CT molecular complexity index is 921. The maximum Gasteiger partial charge on any atom is 0.225 e. The number of carbonyl (C=O) groups excluding carboxylic acids is 1. The topological polar surface area (TPSA) is 54.0 Å². The summed E-state index contributed by atoms with van der Waals surface area (Å²) >= 11 is 0. The average Bonchev–Trinajstić information content (AvgIpc) is 2.82. The van der Waals surface area contributed by atoms with E-state index in [4.69, 9.17) is 9.47 Å². The highest BCUT2D eigenvalue weighted by Gasteiger charge is 2.41. The number of fused-ring (bicyclic) bond motifs is 3. The van der Waals surface area contributed by atoms with Crippen molar-refractivity contribution in [3.8, 4) is 5.75 Å². The zero-order valence-corrected chi connectivity index (χ0v) is 18.9. The van der Waals surface area contributed by atoms with Gasteiger partial charge in [-0.1, -0.05) is 18.2 Å². The number of hydrogen-bond acceptors (Lipinski definition) is 5. The molecule has 7 heteroatoms. The molecule has 0 bridgehead atoms. The van der Waals surface area contributed by atoms with Crippen molar-refractivity contribution in [3.05, 3.63) is 59.4 Å². The Kier molecular flexibility index (Phi) is 7.27. The Morgan fingerprint density at radius 2 is 1.97 bits per heavy atom. The van der Waals surface area contributed by atoms with E-state index in [1.807, 2.05) is 18.2 Å². The number of halogens is 1. The molecule has 2 aromatic carbocycles. The summed E-state index contributed by atoms with van der Waals surface area (Å²) in [5, 5.41) is 3.11. The molecule has 0 unspecified atom stereocenters. The fourth-order valence-electron chi connectivity index (χ4n) is 4.81. The van der Waals surface area contributed by atoms with Crippen LogP contribution < -0.4 is 15.0 Å². The third kappa shape index (κ3) is 5.05. The molecular formula is C25H32FN3O3. The Morgan fingerprint density at radius 1 is 1.16 bits per heavy atom. The fourth-order valence-corrected chi connectivity index (χ4v) is 4.81. The van der Waals surface area contributed by atoms with Crippen LogP contribution in [0.15, 0.2) is 42.5 Å². The first-order valence-electron chi connectivity index (χ1n) is 11.3. The minimum Gasteiger partial charge on any atom is -0.497 e. The molecular weight excluding hydrogens is 409 g/mol. The second-order valence-electron chi connectivity index (χ2n) is 8.56. The first-order chi connectivity index (χ1) is 15.6. The quantitative estimate of drug-likeness (QED) is 0.639. The summed E-state index contributed by atoms with van der Waals surface area (Å²) in [6.07, 6.45) is 1.51. The smallest absolute Gasteiger partial charge is 0.225 e. The van der Waals surface area contributed by atoms with Crippen LogP contribution in [0.25, 0.3) is 0 Å². The molecule has 2 aliphatic heterocycles. The van der Waals surface area contributed by atoms with Crippen LogP contribution in [0.2, 0.25) is 0 Å². The molecule has 32 heavy (non-hydrogen) atoms. The first-order valence-corrected chi connectivity index (χ1v) is 11.3. The molecule has 2 atom stereocenters. The summed E-state index contributed by atoms with van der Waals surface area (Å²) in [4.78, 5) is 17.9. The second kappa shape index (κ2) is 10.3. The van der Waals surface area contributed by atoms with Crippen molar-refractivity contribution in [1.29, 1.82) is 0 Å². The molecule has 2 heterocycles. The Labute approximate surface area is 189 Å². The highest BCUT2D eigenvalue weighted by molar-refractivity contribution is 5.82. The lowest BCUT2D eigenvalue weighted by molar-refractivity contribution is -0.126. The van der Waals surface area contributed by atoms with Crippen LogP contribution in [0.4, 0.5) is 10.1 Å². The summed E-state index contributed by atoms with van der Waals surface area (Å²) < 4.78 is 23.9. The molecule has 0 radical (unpaired) electrons. The number of piperazine rings is 1. The molecule has 1 fully saturated rings. The molecule has 2 aliphatic rings. The number of hydrogen-bond donors (Lipinski definition) is 1. The van der Waals surface area contributed by atoms with E-state index in [1.165, 1.54) is 23.4 Å². The number of rotatable bonds is 8. The number of benzene rings is 2. The monoisotopic (exact) mass is 441 g/mol. The van der Waals surface area contributed by atoms with Crippen molar-refractivity contribution in [2.45, 2.75) is 25.4 Å². The zero-order chi connectivity index (χ0) is 22.5. The van der Waals surface area contributed by atoms with Crippen LogP contribution in [0, 0.1) is 11.7 Å². The van der Waals surface area contributed by atoms with Crippen molar-refractivity contribution >= 4 is 11.6 Å². The molecule has 1 saturated heterocycles. The van der Waals surface area contributed by atoms with E-state index in [0.29, 0.717) is 19.6 Å². The molecule has 172 valence electrons. The zero-order valence-electron chi connectivity index (χ0n) is 18.9. The van der Waals surface area contributed by atoms with Crippen molar-refractivity contribution in [3.63, 3.8) is 0 Å². The van der Waals surface area contributed by atoms with Crippen LogP contribution in [-0.4, -0.2) is 63.9 Å². The highest BCUT2D eigenvalue weighted by Crippen LogP contribution is 2.38. The van der Waals surface area contributed by atoms with Gasteiger partial charge in [-0.25, -0.2) is 4.39 Å². The van der Waals surface area contributed by atoms with E-state index in [2.05, 4.69) is 27.2 Å². The number of ether oxygens (including phenoxy) is 2. The van der Waals surface area contributed by atoms with E-state index in [-0.39, 0.29) is 23.7 Å². The average molecular weight is 442 g/mol. The van der Waals surface area contributed by atoms with Gasteiger partial charge >= 0.3 is 0 Å². The Morgan fingerprint density at radius 3 is 2.72 bits per heavy atom. The van der Waals surface area contributed by atoms with Crippen molar-refractivity contribution in [1.82, 2.24) is 10.2 Å². The summed E-state index contributed by atoms with van der Waals surface area (Å²) in [5.74, 6) is 0.580. The van der Waals surface area contributed by atoms with Gasteiger partial charge in [0.25, 0.3) is 0 Å². The summed E-state index contributed by atoms with van der Waals surface area (Å²) in [6.45, 7) is 4.49. The van der Waals surface area contributed by atoms with Crippen molar-refractivity contribution < 1.29 is 18.7 Å². The van der Waals surface area contributed by atoms with Gasteiger partial charge in [0.2, 0.25) is 5.91 Å². The van der Waals surface area contributed by atoms with Crippen LogP contribution in [-0.2, 0) is 22.5 Å². The van der Waals surface area contributed by atoms with Crippen molar-refractivity contribution in [2.24, 2.45) is 5.92 Å². The van der Waals surface area contributed by atoms with Crippen molar-refractivity contribution in [2.75, 3.05) is 51.9 Å². The fraction of sp³-hybridized carbons (Fsp3) is 0.480. The largest absolute Gasteiger partial charge is 0.497 e. The minimum absolute atomic E-state index is 0.0752. The van der Waals surface area contributed by atoms with E-state index < -0.39 is 0 Å². The first kappa shape index (κ1) is 22.6. The number of nitrogens with one attached hydrogen (secondary N) is 1. The van der Waals surface area contributed by atoms with Gasteiger partial charge < -0.3 is 19.7 Å². The van der Waals surface area contributed by atoms with Gasteiger partial charge in [-0.15, -0.1) is 0 Å². The Balaban J connectivity index is 1.53. The lowest BCUT2D eigenvalue weighted by Gasteiger charge is -2.49. The second-order valence-corrected chi connectivity index (χ2v) is 8.56. The van der Waals surface area contributed by atoms with E-state index in [0.717, 1.165) is 43.9 Å². The molecule has 0 saturated carbocycles. The minimum atomic E-state index is -0.221. The van der Waals surface area contributed by atoms with Gasteiger partial charge in [0, 0.05) is 58.2 Å². The van der Waals surface area contributed by atoms with Gasteiger partial charge in [-0.05, 0) is 42.2 Å². The van der Waals surface area contributed by atoms with Crippen LogP contribution >= 0.6 is 0 Å². The van der Waals surface area contributed by atoms with Crippen LogP contribution in [0.1, 0.15) is 17.5 Å². The number of nitrogens with zero attached hydrogens (tertiary/aromatic N) is 2. The third-order valence-electron chi connectivity index (χ3n) is 6.49. The standard InChI is InChI=1S/C25H32FN3O3/c1-31-13-3-10-27-25(30)22-14-19-6-9-21(32-2)15-23(19)29-12-11-28(17-24(22)29)16-18-4-7-20(26)8-5-18/h4-9,15,22,24H,3,10-14,16-17H2,1-2H3,(H,27,30)/t22-,24+/m0/s1. The molecule has 2 aromatic rings. The molecule has 4 rings (SSSR count). The van der Waals surface area contributed by atoms with E-state index in [1.54, 1.807) is 14.2 Å². The number of methoxy groups -OCH3 is 2. The predicted octanol–water partition coefficient (Wildman–Crippen LogP) is 2.85. The third-order valence-corrected chi connectivity index (χ3v) is 6.49. The van der Waals surface area contributed by atoms with E-state index >= 15 is 0 Å². The molecule has 0 aromatic heterocycles. The molecule has 6 nitrogen and oxygen atoms in total. The Hall–Kier alpha value is -2.64. The molecule has 1 N–H and O–H groups in total. The van der Waals surface area contributed by atoms with Gasteiger partial charge in [0.15, 0.2) is 0 Å². The molecule has 0 aliphatic carbocycles. The van der Waals surface area contributed by atoms with Gasteiger partial charge in [-0.2, -0.15) is 0 Å². The lowest BCUT2D eigenvalue weighted by atomic mass is 9.83. The number of anilines is 1. The maximum atomic E-state index is 13.3.